The number of carbonyl (C=O) groups is 1. The number of ether oxygens (including phenoxy) is 1. The molecule has 2 N–H and O–H groups in total. The number of nitrogens with zero attached hydrogens (tertiary/aromatic N) is 2. The van der Waals surface area contributed by atoms with Crippen molar-refractivity contribution >= 4 is 29.0 Å². The number of fused-ring (bicyclic) bond motifs is 2. The Morgan fingerprint density at radius 3 is 2.68 bits per heavy atom. The topological polar surface area (TPSA) is 68.5 Å². The van der Waals surface area contributed by atoms with E-state index in [2.05, 4.69) is 12.1 Å². The molecule has 2 aromatic rings. The Balaban J connectivity index is 1.77. The molecule has 2 aliphatic rings. The highest BCUT2D eigenvalue weighted by Crippen LogP contribution is 2.38. The van der Waals surface area contributed by atoms with Gasteiger partial charge in [0.05, 0.1) is 24.2 Å². The second kappa shape index (κ2) is 7.84. The van der Waals surface area contributed by atoms with Crippen LogP contribution in [0.3, 0.4) is 0 Å². The molecule has 1 aliphatic carbocycles. The fraction of sp³-hybridized carbons (Fsp3) is 0.364. The Morgan fingerprint density at radius 1 is 1.18 bits per heavy atom. The number of benzene rings is 1. The van der Waals surface area contributed by atoms with Gasteiger partial charge in [-0.3, -0.25) is 4.98 Å². The summed E-state index contributed by atoms with van der Waals surface area (Å²) >= 11 is 6.27. The molecule has 1 fully saturated rings. The molecule has 1 aromatic carbocycles. The molecule has 5 nitrogen and oxygen atoms in total. The van der Waals surface area contributed by atoms with Crippen molar-refractivity contribution in [2.24, 2.45) is 0 Å². The lowest BCUT2D eigenvalue weighted by atomic mass is 9.88. The van der Waals surface area contributed by atoms with Crippen LogP contribution in [-0.4, -0.2) is 35.7 Å². The van der Waals surface area contributed by atoms with Crippen molar-refractivity contribution in [3.63, 3.8) is 0 Å². The number of rotatable bonds is 1. The van der Waals surface area contributed by atoms with Crippen LogP contribution in [0.4, 0.5) is 10.5 Å². The molecule has 28 heavy (non-hydrogen) atoms. The van der Waals surface area contributed by atoms with Gasteiger partial charge in [-0.2, -0.15) is 0 Å². The third-order valence-electron chi connectivity index (χ3n) is 5.47. The fourth-order valence-corrected chi connectivity index (χ4v) is 4.33. The van der Waals surface area contributed by atoms with Crippen LogP contribution < -0.4 is 5.73 Å². The summed E-state index contributed by atoms with van der Waals surface area (Å²) < 4.78 is 5.15. The van der Waals surface area contributed by atoms with Gasteiger partial charge in [-0.05, 0) is 67.5 Å². The maximum atomic E-state index is 12.1. The normalized spacial score (nSPS) is 16.3. The molecule has 1 amide bonds. The molecule has 2 heterocycles. The van der Waals surface area contributed by atoms with Gasteiger partial charge in [0.25, 0.3) is 0 Å². The first-order chi connectivity index (χ1) is 13.6. The zero-order chi connectivity index (χ0) is 19.7. The predicted molar refractivity (Wildman–Crippen MR) is 111 cm³/mol. The average Bonchev–Trinajstić information content (AvgIpc) is 2.84. The molecule has 1 aromatic heterocycles. The van der Waals surface area contributed by atoms with Crippen molar-refractivity contribution in [1.29, 1.82) is 0 Å². The van der Waals surface area contributed by atoms with Crippen molar-refractivity contribution in [3.8, 4) is 0 Å². The number of amides is 1. The lowest BCUT2D eigenvalue weighted by Gasteiger charge is -2.29. The number of likely N-dealkylation sites (tertiary alicyclic amines) is 1. The number of pyridine rings is 1. The number of piperidine rings is 1. The molecule has 0 spiro atoms. The van der Waals surface area contributed by atoms with Crippen molar-refractivity contribution in [1.82, 2.24) is 9.88 Å². The van der Waals surface area contributed by atoms with Gasteiger partial charge >= 0.3 is 6.09 Å². The third kappa shape index (κ3) is 3.59. The van der Waals surface area contributed by atoms with Crippen LogP contribution in [0.2, 0.25) is 5.02 Å². The van der Waals surface area contributed by atoms with Crippen LogP contribution in [0.5, 0.6) is 0 Å². The summed E-state index contributed by atoms with van der Waals surface area (Å²) in [4.78, 5) is 18.6. The summed E-state index contributed by atoms with van der Waals surface area (Å²) in [6.45, 7) is 3.54. The van der Waals surface area contributed by atoms with Gasteiger partial charge in [-0.1, -0.05) is 23.2 Å². The van der Waals surface area contributed by atoms with E-state index in [1.54, 1.807) is 11.1 Å². The highest BCUT2D eigenvalue weighted by atomic mass is 35.5. The SMILES string of the molecule is CCOC(=O)N1CCC(=C2c3ccc(Cl)cc3CCc3cc(N)cnc32)CC1. The van der Waals surface area contributed by atoms with Crippen molar-refractivity contribution < 1.29 is 9.53 Å². The zero-order valence-corrected chi connectivity index (χ0v) is 16.8. The second-order valence-corrected chi connectivity index (χ2v) is 7.68. The van der Waals surface area contributed by atoms with Gasteiger partial charge in [0.15, 0.2) is 0 Å². The zero-order valence-electron chi connectivity index (χ0n) is 16.0. The smallest absolute Gasteiger partial charge is 0.409 e. The van der Waals surface area contributed by atoms with E-state index < -0.39 is 0 Å². The molecule has 1 saturated heterocycles. The molecule has 0 atom stereocenters. The maximum Gasteiger partial charge on any atom is 0.409 e. The van der Waals surface area contributed by atoms with Crippen LogP contribution >= 0.6 is 11.6 Å². The second-order valence-electron chi connectivity index (χ2n) is 7.24. The molecule has 6 heteroatoms. The van der Waals surface area contributed by atoms with Gasteiger partial charge in [-0.25, -0.2) is 4.79 Å². The number of aromatic nitrogens is 1. The van der Waals surface area contributed by atoms with Gasteiger partial charge in [-0.15, -0.1) is 0 Å². The summed E-state index contributed by atoms with van der Waals surface area (Å²) in [7, 11) is 0. The van der Waals surface area contributed by atoms with E-state index >= 15 is 0 Å². The van der Waals surface area contributed by atoms with E-state index in [0.717, 1.165) is 36.4 Å². The first kappa shape index (κ1) is 18.8. The molecular weight excluding hydrogens is 374 g/mol. The minimum atomic E-state index is -0.231. The van der Waals surface area contributed by atoms with Gasteiger partial charge < -0.3 is 15.4 Å². The largest absolute Gasteiger partial charge is 0.450 e. The highest BCUT2D eigenvalue weighted by molar-refractivity contribution is 6.30. The summed E-state index contributed by atoms with van der Waals surface area (Å²) in [6.07, 6.45) is 4.90. The van der Waals surface area contributed by atoms with E-state index in [1.807, 2.05) is 19.1 Å². The Bertz CT molecular complexity index is 889. The Morgan fingerprint density at radius 2 is 1.93 bits per heavy atom. The molecule has 0 bridgehead atoms. The number of halogens is 1. The summed E-state index contributed by atoms with van der Waals surface area (Å²) in [5.74, 6) is 0. The van der Waals surface area contributed by atoms with Gasteiger partial charge in [0, 0.05) is 23.7 Å². The monoisotopic (exact) mass is 397 g/mol. The Labute approximate surface area is 170 Å². The van der Waals surface area contributed by atoms with Crippen LogP contribution in [0.1, 0.15) is 42.1 Å². The first-order valence-corrected chi connectivity index (χ1v) is 10.1. The number of hydrogen-bond acceptors (Lipinski definition) is 4. The maximum absolute atomic E-state index is 12.1. The van der Waals surface area contributed by atoms with E-state index in [9.17, 15) is 4.79 Å². The number of aryl methyl sites for hydroxylation is 2. The lowest BCUT2D eigenvalue weighted by Crippen LogP contribution is -2.37. The molecular formula is C22H24ClN3O2. The van der Waals surface area contributed by atoms with Crippen LogP contribution in [-0.2, 0) is 17.6 Å². The number of nitrogens with two attached hydrogens (primary N) is 1. The van der Waals surface area contributed by atoms with Crippen molar-refractivity contribution in [2.45, 2.75) is 32.6 Å². The molecule has 0 radical (unpaired) electrons. The van der Waals surface area contributed by atoms with Crippen LogP contribution in [0.25, 0.3) is 5.57 Å². The minimum Gasteiger partial charge on any atom is -0.450 e. The Hall–Kier alpha value is -2.53. The van der Waals surface area contributed by atoms with Crippen molar-refractivity contribution in [2.75, 3.05) is 25.4 Å². The van der Waals surface area contributed by atoms with E-state index in [-0.39, 0.29) is 6.09 Å². The Kier molecular flexibility index (Phi) is 5.27. The first-order valence-electron chi connectivity index (χ1n) is 9.74. The van der Waals surface area contributed by atoms with Gasteiger partial charge in [0.1, 0.15) is 0 Å². The molecule has 0 saturated carbocycles. The standard InChI is InChI=1S/C22H24ClN3O2/c1-2-28-22(27)26-9-7-14(8-10-26)20-19-6-5-17(23)11-15(19)3-4-16-12-18(24)13-25-21(16)20/h5-6,11-13H,2-4,7-10,24H2,1H3. The molecule has 0 unspecified atom stereocenters. The minimum absolute atomic E-state index is 0.231. The molecule has 1 aliphatic heterocycles. The number of anilines is 1. The lowest BCUT2D eigenvalue weighted by molar-refractivity contribution is 0.104. The summed E-state index contributed by atoms with van der Waals surface area (Å²) in [5.41, 5.74) is 13.8. The van der Waals surface area contributed by atoms with Crippen molar-refractivity contribution in [3.05, 3.63) is 63.4 Å². The predicted octanol–water partition coefficient (Wildman–Crippen LogP) is 4.47. The quantitative estimate of drug-likeness (QED) is 0.770. The summed E-state index contributed by atoms with van der Waals surface area (Å²) in [5, 5.41) is 0.749. The van der Waals surface area contributed by atoms with E-state index in [0.29, 0.717) is 25.4 Å². The highest BCUT2D eigenvalue weighted by Gasteiger charge is 2.27. The number of hydrogen-bond donors (Lipinski definition) is 1. The van der Waals surface area contributed by atoms with E-state index in [1.165, 1.54) is 27.8 Å². The third-order valence-corrected chi connectivity index (χ3v) is 5.71. The van der Waals surface area contributed by atoms with E-state index in [4.69, 9.17) is 27.1 Å². The summed E-state index contributed by atoms with van der Waals surface area (Å²) in [6, 6.07) is 8.13. The number of nitrogen functional groups attached to an aromatic ring is 1. The molecule has 146 valence electrons. The van der Waals surface area contributed by atoms with Gasteiger partial charge in [0.2, 0.25) is 0 Å². The number of carbonyl (C=O) groups excluding carboxylic acids is 1. The average molecular weight is 398 g/mol. The fourth-order valence-electron chi connectivity index (χ4n) is 4.14. The van der Waals surface area contributed by atoms with Crippen LogP contribution in [0, 0.1) is 0 Å². The van der Waals surface area contributed by atoms with Crippen LogP contribution in [0.15, 0.2) is 36.0 Å². The molecule has 4 rings (SSSR count).